The van der Waals surface area contributed by atoms with Gasteiger partial charge in [-0.3, -0.25) is 4.40 Å². The second-order valence-corrected chi connectivity index (χ2v) is 4.87. The minimum Gasteiger partial charge on any atom is -0.353 e. The van der Waals surface area contributed by atoms with Crippen molar-refractivity contribution in [1.82, 2.24) is 19.6 Å². The summed E-state index contributed by atoms with van der Waals surface area (Å²) in [6.07, 6.45) is 5.99. The van der Waals surface area contributed by atoms with Crippen molar-refractivity contribution >= 4 is 11.5 Å². The monoisotopic (exact) mass is 246 g/mol. The Kier molecular flexibility index (Phi) is 2.87. The second kappa shape index (κ2) is 4.53. The van der Waals surface area contributed by atoms with Gasteiger partial charge in [0.1, 0.15) is 5.82 Å². The van der Waals surface area contributed by atoms with E-state index in [1.165, 1.54) is 6.42 Å². The first-order valence-corrected chi connectivity index (χ1v) is 6.41. The molecule has 0 spiro atoms. The van der Waals surface area contributed by atoms with Gasteiger partial charge in [0.05, 0.1) is 0 Å². The van der Waals surface area contributed by atoms with Crippen LogP contribution in [0.2, 0.25) is 0 Å². The van der Waals surface area contributed by atoms with Crippen molar-refractivity contribution in [2.45, 2.75) is 19.8 Å². The number of aryl methyl sites for hydroxylation is 1. The predicted molar refractivity (Wildman–Crippen MR) is 69.5 cm³/mol. The Morgan fingerprint density at radius 1 is 1.44 bits per heavy atom. The molecule has 1 unspecified atom stereocenters. The van der Waals surface area contributed by atoms with Crippen LogP contribution in [0.15, 0.2) is 12.4 Å². The van der Waals surface area contributed by atoms with E-state index >= 15 is 0 Å². The van der Waals surface area contributed by atoms with E-state index in [9.17, 15) is 0 Å². The molecule has 3 heterocycles. The molecule has 3 rings (SSSR count). The van der Waals surface area contributed by atoms with E-state index in [1.54, 1.807) is 0 Å². The minimum atomic E-state index is 0.682. The molecule has 2 aromatic heterocycles. The molecule has 6 nitrogen and oxygen atoms in total. The first-order chi connectivity index (χ1) is 8.79. The van der Waals surface area contributed by atoms with Gasteiger partial charge >= 0.3 is 0 Å². The lowest BCUT2D eigenvalue weighted by Gasteiger charge is -2.17. The Morgan fingerprint density at radius 2 is 2.33 bits per heavy atom. The molecule has 0 aliphatic carbocycles. The third-order valence-electron chi connectivity index (χ3n) is 3.64. The molecule has 1 aliphatic heterocycles. The first kappa shape index (κ1) is 11.4. The number of nitrogens with zero attached hydrogens (tertiary/aromatic N) is 5. The van der Waals surface area contributed by atoms with Gasteiger partial charge < -0.3 is 10.6 Å². The number of hydrogen-bond acceptors (Lipinski definition) is 5. The lowest BCUT2D eigenvalue weighted by atomic mass is 10.1. The Labute approximate surface area is 106 Å². The van der Waals surface area contributed by atoms with Gasteiger partial charge in [0.15, 0.2) is 5.82 Å². The average Bonchev–Trinajstić information content (AvgIpc) is 2.98. The zero-order valence-corrected chi connectivity index (χ0v) is 10.6. The van der Waals surface area contributed by atoms with Gasteiger partial charge in [-0.05, 0) is 32.2 Å². The van der Waals surface area contributed by atoms with E-state index in [0.29, 0.717) is 5.92 Å². The SMILES string of the molecule is Cc1nnc2c(N3CCC(CCN)C3)nccn12. The fourth-order valence-electron chi connectivity index (χ4n) is 2.65. The van der Waals surface area contributed by atoms with E-state index in [2.05, 4.69) is 20.1 Å². The largest absolute Gasteiger partial charge is 0.353 e. The van der Waals surface area contributed by atoms with E-state index in [0.717, 1.165) is 43.3 Å². The molecule has 2 aromatic rings. The van der Waals surface area contributed by atoms with Crippen molar-refractivity contribution < 1.29 is 0 Å². The third-order valence-corrected chi connectivity index (χ3v) is 3.64. The maximum absolute atomic E-state index is 5.63. The van der Waals surface area contributed by atoms with Crippen LogP contribution in [0.5, 0.6) is 0 Å². The van der Waals surface area contributed by atoms with E-state index in [1.807, 2.05) is 23.7 Å². The Balaban J connectivity index is 1.91. The molecule has 6 heteroatoms. The van der Waals surface area contributed by atoms with Crippen molar-refractivity contribution in [2.24, 2.45) is 11.7 Å². The molecule has 96 valence electrons. The summed E-state index contributed by atoms with van der Waals surface area (Å²) in [5.74, 6) is 2.52. The number of aromatic nitrogens is 4. The van der Waals surface area contributed by atoms with Gasteiger partial charge in [-0.15, -0.1) is 10.2 Å². The summed E-state index contributed by atoms with van der Waals surface area (Å²) >= 11 is 0. The maximum Gasteiger partial charge on any atom is 0.203 e. The molecule has 0 amide bonds. The Morgan fingerprint density at radius 3 is 3.17 bits per heavy atom. The average molecular weight is 246 g/mol. The lowest BCUT2D eigenvalue weighted by molar-refractivity contribution is 0.546. The van der Waals surface area contributed by atoms with Crippen molar-refractivity contribution in [3.05, 3.63) is 18.2 Å². The van der Waals surface area contributed by atoms with Crippen LogP contribution in [-0.2, 0) is 0 Å². The third kappa shape index (κ3) is 1.82. The topological polar surface area (TPSA) is 72.3 Å². The van der Waals surface area contributed by atoms with Crippen LogP contribution in [0.4, 0.5) is 5.82 Å². The fraction of sp³-hybridized carbons (Fsp3) is 0.583. The number of hydrogen-bond donors (Lipinski definition) is 1. The molecule has 2 N–H and O–H groups in total. The van der Waals surface area contributed by atoms with Gasteiger partial charge in [-0.1, -0.05) is 0 Å². The van der Waals surface area contributed by atoms with Crippen LogP contribution in [0.1, 0.15) is 18.7 Å². The Bertz CT molecular complexity index is 548. The van der Waals surface area contributed by atoms with Crippen LogP contribution in [0.3, 0.4) is 0 Å². The molecule has 0 bridgehead atoms. The summed E-state index contributed by atoms with van der Waals surface area (Å²) in [5, 5.41) is 8.33. The number of rotatable bonds is 3. The highest BCUT2D eigenvalue weighted by atomic mass is 15.3. The molecule has 0 saturated carbocycles. The second-order valence-electron chi connectivity index (χ2n) is 4.87. The highest BCUT2D eigenvalue weighted by Gasteiger charge is 2.25. The molecular formula is C12H18N6. The molecule has 1 aliphatic rings. The van der Waals surface area contributed by atoms with Crippen LogP contribution in [0.25, 0.3) is 5.65 Å². The fourth-order valence-corrected chi connectivity index (χ4v) is 2.65. The normalized spacial score (nSPS) is 19.9. The number of anilines is 1. The van der Waals surface area contributed by atoms with E-state index in [-0.39, 0.29) is 0 Å². The van der Waals surface area contributed by atoms with Gasteiger partial charge in [-0.2, -0.15) is 0 Å². The molecule has 18 heavy (non-hydrogen) atoms. The highest BCUT2D eigenvalue weighted by molar-refractivity contribution is 5.64. The number of fused-ring (bicyclic) bond motifs is 1. The smallest absolute Gasteiger partial charge is 0.203 e. The molecule has 1 saturated heterocycles. The maximum atomic E-state index is 5.63. The van der Waals surface area contributed by atoms with Gasteiger partial charge in [0.25, 0.3) is 0 Å². The van der Waals surface area contributed by atoms with Crippen LogP contribution < -0.4 is 10.6 Å². The lowest BCUT2D eigenvalue weighted by Crippen LogP contribution is -2.22. The minimum absolute atomic E-state index is 0.682. The molecule has 1 fully saturated rings. The van der Waals surface area contributed by atoms with Crippen LogP contribution in [-0.4, -0.2) is 39.2 Å². The first-order valence-electron chi connectivity index (χ1n) is 6.41. The summed E-state index contributed by atoms with van der Waals surface area (Å²) in [6, 6.07) is 0. The van der Waals surface area contributed by atoms with Crippen LogP contribution >= 0.6 is 0 Å². The van der Waals surface area contributed by atoms with Crippen molar-refractivity contribution in [3.63, 3.8) is 0 Å². The summed E-state index contributed by atoms with van der Waals surface area (Å²) in [5.41, 5.74) is 6.48. The summed E-state index contributed by atoms with van der Waals surface area (Å²) in [7, 11) is 0. The van der Waals surface area contributed by atoms with Crippen molar-refractivity contribution in [3.8, 4) is 0 Å². The van der Waals surface area contributed by atoms with E-state index < -0.39 is 0 Å². The van der Waals surface area contributed by atoms with Crippen LogP contribution in [0, 0.1) is 12.8 Å². The highest BCUT2D eigenvalue weighted by Crippen LogP contribution is 2.26. The molecule has 1 atom stereocenters. The molecule has 0 aromatic carbocycles. The summed E-state index contributed by atoms with van der Waals surface area (Å²) < 4.78 is 1.98. The van der Waals surface area contributed by atoms with Crippen molar-refractivity contribution in [1.29, 1.82) is 0 Å². The van der Waals surface area contributed by atoms with Gasteiger partial charge in [0.2, 0.25) is 5.65 Å². The molecular weight excluding hydrogens is 228 g/mol. The predicted octanol–water partition coefficient (Wildman–Crippen LogP) is 0.608. The van der Waals surface area contributed by atoms with Gasteiger partial charge in [-0.25, -0.2) is 4.98 Å². The van der Waals surface area contributed by atoms with Gasteiger partial charge in [0, 0.05) is 25.5 Å². The molecule has 0 radical (unpaired) electrons. The number of nitrogens with two attached hydrogens (primary N) is 1. The summed E-state index contributed by atoms with van der Waals surface area (Å²) in [6.45, 7) is 4.77. The summed E-state index contributed by atoms with van der Waals surface area (Å²) in [4.78, 5) is 6.76. The Hall–Kier alpha value is -1.69. The standard InChI is InChI=1S/C12H18N6/c1-9-15-16-12-11(14-5-7-18(9)12)17-6-3-10(8-17)2-4-13/h5,7,10H,2-4,6,8,13H2,1H3. The quantitative estimate of drug-likeness (QED) is 0.859. The van der Waals surface area contributed by atoms with Crippen molar-refractivity contribution in [2.75, 3.05) is 24.5 Å². The zero-order valence-electron chi connectivity index (χ0n) is 10.6. The van der Waals surface area contributed by atoms with E-state index in [4.69, 9.17) is 5.73 Å². The zero-order chi connectivity index (χ0) is 12.5.